The maximum Gasteiger partial charge on any atom is 0.123 e. The fourth-order valence-corrected chi connectivity index (χ4v) is 2.59. The van der Waals surface area contributed by atoms with Crippen molar-refractivity contribution >= 4 is 5.84 Å². The molecule has 1 aromatic carbocycles. The summed E-state index contributed by atoms with van der Waals surface area (Å²) >= 11 is 0. The zero-order chi connectivity index (χ0) is 14.0. The molecule has 3 N–H and O–H groups in total. The first-order valence-corrected chi connectivity index (χ1v) is 6.46. The Hall–Kier alpha value is -1.46. The Kier molecular flexibility index (Phi) is 4.17. The van der Waals surface area contributed by atoms with Crippen LogP contribution in [0.5, 0.6) is 0 Å². The highest BCUT2D eigenvalue weighted by Gasteiger charge is 2.23. The zero-order valence-electron chi connectivity index (χ0n) is 11.3. The van der Waals surface area contributed by atoms with E-state index in [-0.39, 0.29) is 23.9 Å². The van der Waals surface area contributed by atoms with E-state index in [1.165, 1.54) is 12.1 Å². The molecule has 1 aromatic rings. The van der Waals surface area contributed by atoms with Gasteiger partial charge in [0.1, 0.15) is 11.7 Å². The number of amidine groups is 1. The van der Waals surface area contributed by atoms with Crippen LogP contribution in [0.15, 0.2) is 18.2 Å². The Morgan fingerprint density at radius 3 is 2.63 bits per heavy atom. The first kappa shape index (κ1) is 14.0. The molecule has 0 radical (unpaired) electrons. The van der Waals surface area contributed by atoms with Crippen LogP contribution in [0.2, 0.25) is 0 Å². The van der Waals surface area contributed by atoms with Crippen molar-refractivity contribution in [3.63, 3.8) is 0 Å². The maximum absolute atomic E-state index is 13.2. The fraction of sp³-hybridized carbons (Fsp3) is 0.500. The zero-order valence-corrected chi connectivity index (χ0v) is 11.3. The second-order valence-electron chi connectivity index (χ2n) is 5.17. The van der Waals surface area contributed by atoms with Crippen LogP contribution in [-0.2, 0) is 11.3 Å². The van der Waals surface area contributed by atoms with Crippen LogP contribution in [-0.4, -0.2) is 36.0 Å². The monoisotopic (exact) mass is 265 g/mol. The normalized spacial score (nSPS) is 24.4. The van der Waals surface area contributed by atoms with Crippen LogP contribution in [0.3, 0.4) is 0 Å². The lowest BCUT2D eigenvalue weighted by molar-refractivity contribution is -0.0705. The quantitative estimate of drug-likeness (QED) is 0.646. The number of benzene rings is 1. The second-order valence-corrected chi connectivity index (χ2v) is 5.17. The maximum atomic E-state index is 13.2. The molecule has 4 nitrogen and oxygen atoms in total. The largest absolute Gasteiger partial charge is 0.384 e. The number of hydrogen-bond acceptors (Lipinski definition) is 3. The van der Waals surface area contributed by atoms with Gasteiger partial charge in [0.25, 0.3) is 0 Å². The molecule has 1 fully saturated rings. The fourth-order valence-electron chi connectivity index (χ4n) is 2.59. The van der Waals surface area contributed by atoms with Gasteiger partial charge in [-0.05, 0) is 31.5 Å². The average Bonchev–Trinajstić information content (AvgIpc) is 2.30. The Morgan fingerprint density at radius 1 is 1.42 bits per heavy atom. The highest BCUT2D eigenvalue weighted by Crippen LogP contribution is 2.17. The molecule has 104 valence electrons. The number of nitrogens with two attached hydrogens (primary N) is 1. The van der Waals surface area contributed by atoms with Crippen molar-refractivity contribution in [1.82, 2.24) is 4.90 Å². The van der Waals surface area contributed by atoms with Crippen LogP contribution >= 0.6 is 0 Å². The number of nitrogens with one attached hydrogen (secondary N) is 1. The number of halogens is 1. The lowest BCUT2D eigenvalue weighted by Gasteiger charge is -2.35. The molecule has 0 spiro atoms. The van der Waals surface area contributed by atoms with Gasteiger partial charge >= 0.3 is 0 Å². The third kappa shape index (κ3) is 3.52. The van der Waals surface area contributed by atoms with E-state index in [2.05, 4.69) is 4.90 Å². The molecule has 1 saturated heterocycles. The summed E-state index contributed by atoms with van der Waals surface area (Å²) < 4.78 is 18.9. The average molecular weight is 265 g/mol. The van der Waals surface area contributed by atoms with Gasteiger partial charge in [0.2, 0.25) is 0 Å². The van der Waals surface area contributed by atoms with Crippen LogP contribution in [0.25, 0.3) is 0 Å². The van der Waals surface area contributed by atoms with Gasteiger partial charge in [0.15, 0.2) is 0 Å². The highest BCUT2D eigenvalue weighted by molar-refractivity contribution is 5.96. The summed E-state index contributed by atoms with van der Waals surface area (Å²) in [4.78, 5) is 2.25. The Morgan fingerprint density at radius 2 is 2.05 bits per heavy atom. The van der Waals surface area contributed by atoms with Gasteiger partial charge in [-0.3, -0.25) is 10.3 Å². The molecule has 0 aromatic heterocycles. The number of ether oxygens (including phenoxy) is 1. The first-order chi connectivity index (χ1) is 8.95. The minimum Gasteiger partial charge on any atom is -0.384 e. The molecule has 0 aliphatic carbocycles. The number of nitrogen functional groups attached to an aromatic ring is 1. The predicted octanol–water partition coefficient (Wildman–Crippen LogP) is 1.72. The van der Waals surface area contributed by atoms with Crippen molar-refractivity contribution in [3.8, 4) is 0 Å². The van der Waals surface area contributed by atoms with E-state index < -0.39 is 0 Å². The van der Waals surface area contributed by atoms with E-state index in [1.54, 1.807) is 6.07 Å². The summed E-state index contributed by atoms with van der Waals surface area (Å²) in [5, 5.41) is 7.54. The lowest BCUT2D eigenvalue weighted by Crippen LogP contribution is -2.45. The molecule has 2 unspecified atom stereocenters. The van der Waals surface area contributed by atoms with Gasteiger partial charge in [-0.1, -0.05) is 6.07 Å². The van der Waals surface area contributed by atoms with Gasteiger partial charge in [0, 0.05) is 25.2 Å². The van der Waals surface area contributed by atoms with E-state index in [0.29, 0.717) is 12.1 Å². The molecule has 0 amide bonds. The van der Waals surface area contributed by atoms with E-state index in [1.807, 2.05) is 13.8 Å². The number of morpholine rings is 1. The van der Waals surface area contributed by atoms with Crippen molar-refractivity contribution in [1.29, 1.82) is 5.41 Å². The standard InChI is InChI=1S/C14H20FN3O/c1-9-6-18(7-10(2)19-9)8-11-3-4-12(15)5-13(11)14(16)17/h3-5,9-10H,6-8H2,1-2H3,(H3,16,17). The minimum absolute atomic E-state index is 0.0937. The molecule has 2 atom stereocenters. The van der Waals surface area contributed by atoms with E-state index in [0.717, 1.165) is 18.7 Å². The molecule has 2 rings (SSSR count). The Labute approximate surface area is 112 Å². The first-order valence-electron chi connectivity index (χ1n) is 6.46. The third-order valence-corrected chi connectivity index (χ3v) is 3.25. The van der Waals surface area contributed by atoms with Crippen molar-refractivity contribution in [2.45, 2.75) is 32.6 Å². The van der Waals surface area contributed by atoms with Gasteiger partial charge in [-0.25, -0.2) is 4.39 Å². The highest BCUT2D eigenvalue weighted by atomic mass is 19.1. The van der Waals surface area contributed by atoms with Crippen molar-refractivity contribution in [2.75, 3.05) is 13.1 Å². The van der Waals surface area contributed by atoms with Crippen molar-refractivity contribution in [2.24, 2.45) is 5.73 Å². The SMILES string of the molecule is CC1CN(Cc2ccc(F)cc2C(=N)N)CC(C)O1. The summed E-state index contributed by atoms with van der Waals surface area (Å²) in [6, 6.07) is 4.44. The predicted molar refractivity (Wildman–Crippen MR) is 72.7 cm³/mol. The summed E-state index contributed by atoms with van der Waals surface area (Å²) in [5.41, 5.74) is 6.88. The molecular formula is C14H20FN3O. The Balaban J connectivity index is 2.16. The van der Waals surface area contributed by atoms with Crippen molar-refractivity contribution < 1.29 is 9.13 Å². The molecule has 0 bridgehead atoms. The van der Waals surface area contributed by atoms with E-state index >= 15 is 0 Å². The lowest BCUT2D eigenvalue weighted by atomic mass is 10.0. The van der Waals surface area contributed by atoms with Gasteiger partial charge < -0.3 is 10.5 Å². The molecule has 5 heteroatoms. The van der Waals surface area contributed by atoms with Crippen LogP contribution in [0, 0.1) is 11.2 Å². The van der Waals surface area contributed by atoms with Crippen LogP contribution in [0.1, 0.15) is 25.0 Å². The topological polar surface area (TPSA) is 62.3 Å². The molecule has 0 saturated carbocycles. The molecule has 1 heterocycles. The third-order valence-electron chi connectivity index (χ3n) is 3.25. The molecule has 19 heavy (non-hydrogen) atoms. The minimum atomic E-state index is -0.363. The molecule has 1 aliphatic heterocycles. The molecule has 1 aliphatic rings. The van der Waals surface area contributed by atoms with Gasteiger partial charge in [-0.15, -0.1) is 0 Å². The van der Waals surface area contributed by atoms with Crippen molar-refractivity contribution in [3.05, 3.63) is 35.1 Å². The van der Waals surface area contributed by atoms with Crippen LogP contribution < -0.4 is 5.73 Å². The second kappa shape index (κ2) is 5.67. The van der Waals surface area contributed by atoms with Crippen LogP contribution in [0.4, 0.5) is 4.39 Å². The van der Waals surface area contributed by atoms with Gasteiger partial charge in [-0.2, -0.15) is 0 Å². The van der Waals surface area contributed by atoms with E-state index in [4.69, 9.17) is 15.9 Å². The molecular weight excluding hydrogens is 245 g/mol. The summed E-state index contributed by atoms with van der Waals surface area (Å²) in [6.07, 6.45) is 0.370. The number of hydrogen-bond donors (Lipinski definition) is 2. The smallest absolute Gasteiger partial charge is 0.123 e. The van der Waals surface area contributed by atoms with E-state index in [9.17, 15) is 4.39 Å². The number of rotatable bonds is 3. The summed E-state index contributed by atoms with van der Waals surface area (Å²) in [7, 11) is 0. The summed E-state index contributed by atoms with van der Waals surface area (Å²) in [5.74, 6) is -0.457. The summed E-state index contributed by atoms with van der Waals surface area (Å²) in [6.45, 7) is 6.41. The van der Waals surface area contributed by atoms with Gasteiger partial charge in [0.05, 0.1) is 12.2 Å². The Bertz CT molecular complexity index is 468. The number of nitrogens with zero attached hydrogens (tertiary/aromatic N) is 1.